The zero-order valence-corrected chi connectivity index (χ0v) is 12.4. The first-order valence-corrected chi connectivity index (χ1v) is 6.38. The van der Waals surface area contributed by atoms with Crippen molar-refractivity contribution in [1.29, 1.82) is 0 Å². The number of halogens is 3. The van der Waals surface area contributed by atoms with Crippen molar-refractivity contribution in [1.82, 2.24) is 0 Å². The first kappa shape index (κ1) is 19.1. The fourth-order valence-electron chi connectivity index (χ4n) is 1.78. The van der Waals surface area contributed by atoms with Gasteiger partial charge in [-0.2, -0.15) is 8.78 Å². The number of hydrogen-bond donors (Lipinski definition) is 2. The van der Waals surface area contributed by atoms with E-state index < -0.39 is 18.8 Å². The Hall–Kier alpha value is -0.910. The second-order valence-corrected chi connectivity index (χ2v) is 5.01. The number of ether oxygens (including phenoxy) is 1. The Labute approximate surface area is 124 Å². The van der Waals surface area contributed by atoms with Gasteiger partial charge >= 0.3 is 6.61 Å². The van der Waals surface area contributed by atoms with Gasteiger partial charge in [0.15, 0.2) is 0 Å². The van der Waals surface area contributed by atoms with Crippen molar-refractivity contribution in [3.8, 4) is 5.75 Å². The standard InChI is InChI=1S/C14H21F2NO2.ClH/c1-9(2)3-8-12(18)13(17)10-4-6-11(7-5-10)19-14(15)16;/h4-7,9,12-14,18H,3,8,17H2,1-2H3;1H/t12-,13+;/m1./s1. The molecule has 1 aromatic carbocycles. The highest BCUT2D eigenvalue weighted by Gasteiger charge is 2.17. The highest BCUT2D eigenvalue weighted by molar-refractivity contribution is 5.85. The zero-order chi connectivity index (χ0) is 14.4. The fraction of sp³-hybridized carbons (Fsp3) is 0.571. The minimum absolute atomic E-state index is 0. The molecule has 0 aromatic heterocycles. The molecule has 0 bridgehead atoms. The van der Waals surface area contributed by atoms with E-state index in [9.17, 15) is 13.9 Å². The second-order valence-electron chi connectivity index (χ2n) is 5.01. The van der Waals surface area contributed by atoms with Crippen LogP contribution in [0.25, 0.3) is 0 Å². The molecule has 0 aliphatic rings. The molecule has 0 aliphatic carbocycles. The molecule has 0 radical (unpaired) electrons. The Bertz CT molecular complexity index is 374. The lowest BCUT2D eigenvalue weighted by atomic mass is 9.96. The number of benzene rings is 1. The Morgan fingerprint density at radius 1 is 1.15 bits per heavy atom. The van der Waals surface area contributed by atoms with Crippen molar-refractivity contribution in [3.63, 3.8) is 0 Å². The summed E-state index contributed by atoms with van der Waals surface area (Å²) in [5.74, 6) is 0.589. The fourth-order valence-corrected chi connectivity index (χ4v) is 1.78. The van der Waals surface area contributed by atoms with Crippen LogP contribution in [0.3, 0.4) is 0 Å². The molecular formula is C14H22ClF2NO2. The maximum absolute atomic E-state index is 12.0. The molecule has 0 amide bonds. The van der Waals surface area contributed by atoms with Gasteiger partial charge in [-0.15, -0.1) is 12.4 Å². The van der Waals surface area contributed by atoms with Gasteiger partial charge < -0.3 is 15.6 Å². The third-order valence-corrected chi connectivity index (χ3v) is 2.94. The summed E-state index contributed by atoms with van der Waals surface area (Å²) in [7, 11) is 0. The summed E-state index contributed by atoms with van der Waals surface area (Å²) >= 11 is 0. The van der Waals surface area contributed by atoms with Gasteiger partial charge in [-0.3, -0.25) is 0 Å². The molecule has 0 spiro atoms. The SMILES string of the molecule is CC(C)CC[C@@H](O)[C@@H](N)c1ccc(OC(F)F)cc1.Cl. The molecule has 116 valence electrons. The van der Waals surface area contributed by atoms with Crippen molar-refractivity contribution in [2.45, 2.75) is 45.4 Å². The van der Waals surface area contributed by atoms with Gasteiger partial charge in [0.05, 0.1) is 12.1 Å². The lowest BCUT2D eigenvalue weighted by molar-refractivity contribution is -0.0498. The molecule has 0 saturated heterocycles. The largest absolute Gasteiger partial charge is 0.435 e. The molecule has 2 atom stereocenters. The van der Waals surface area contributed by atoms with Crippen LogP contribution in [0.1, 0.15) is 38.3 Å². The molecule has 1 aromatic rings. The predicted molar refractivity (Wildman–Crippen MR) is 77.3 cm³/mol. The number of aliphatic hydroxyl groups excluding tert-OH is 1. The summed E-state index contributed by atoms with van der Waals surface area (Å²) in [6, 6.07) is 5.54. The normalized spacial score (nSPS) is 14.0. The maximum Gasteiger partial charge on any atom is 0.387 e. The monoisotopic (exact) mass is 309 g/mol. The van der Waals surface area contributed by atoms with E-state index in [4.69, 9.17) is 5.73 Å². The summed E-state index contributed by atoms with van der Waals surface area (Å²) in [5, 5.41) is 9.96. The Morgan fingerprint density at radius 2 is 1.70 bits per heavy atom. The molecule has 3 N–H and O–H groups in total. The number of rotatable bonds is 7. The molecule has 3 nitrogen and oxygen atoms in total. The summed E-state index contributed by atoms with van der Waals surface area (Å²) in [6.07, 6.45) is 0.875. The van der Waals surface area contributed by atoms with Crippen molar-refractivity contribution in [3.05, 3.63) is 29.8 Å². The molecule has 0 aliphatic heterocycles. The van der Waals surface area contributed by atoms with Gasteiger partial charge in [0, 0.05) is 0 Å². The van der Waals surface area contributed by atoms with E-state index in [1.54, 1.807) is 12.1 Å². The van der Waals surface area contributed by atoms with E-state index in [1.807, 2.05) is 0 Å². The van der Waals surface area contributed by atoms with Gasteiger partial charge in [-0.05, 0) is 36.5 Å². The van der Waals surface area contributed by atoms with E-state index in [-0.39, 0.29) is 18.2 Å². The Kier molecular flexibility index (Phi) is 8.69. The smallest absolute Gasteiger partial charge is 0.387 e. The average Bonchev–Trinajstić information content (AvgIpc) is 2.35. The van der Waals surface area contributed by atoms with Crippen LogP contribution < -0.4 is 10.5 Å². The minimum Gasteiger partial charge on any atom is -0.435 e. The van der Waals surface area contributed by atoms with Crippen LogP contribution in [0.4, 0.5) is 8.78 Å². The van der Waals surface area contributed by atoms with Gasteiger partial charge in [0.1, 0.15) is 5.75 Å². The van der Waals surface area contributed by atoms with E-state index in [1.165, 1.54) is 12.1 Å². The van der Waals surface area contributed by atoms with Crippen LogP contribution in [-0.4, -0.2) is 17.8 Å². The van der Waals surface area contributed by atoms with Crippen molar-refractivity contribution >= 4 is 12.4 Å². The van der Waals surface area contributed by atoms with Crippen LogP contribution in [0.15, 0.2) is 24.3 Å². The molecule has 20 heavy (non-hydrogen) atoms. The van der Waals surface area contributed by atoms with E-state index in [2.05, 4.69) is 18.6 Å². The lowest BCUT2D eigenvalue weighted by Gasteiger charge is -2.20. The number of alkyl halides is 2. The van der Waals surface area contributed by atoms with Crippen LogP contribution in [0.5, 0.6) is 5.75 Å². The summed E-state index contributed by atoms with van der Waals surface area (Å²) < 4.78 is 28.2. The van der Waals surface area contributed by atoms with E-state index in [0.717, 1.165) is 6.42 Å². The molecule has 6 heteroatoms. The van der Waals surface area contributed by atoms with E-state index in [0.29, 0.717) is 17.9 Å². The highest BCUT2D eigenvalue weighted by atomic mass is 35.5. The van der Waals surface area contributed by atoms with Crippen molar-refractivity contribution < 1.29 is 18.6 Å². The van der Waals surface area contributed by atoms with Gasteiger partial charge in [0.2, 0.25) is 0 Å². The maximum atomic E-state index is 12.0. The van der Waals surface area contributed by atoms with Crippen LogP contribution in [0.2, 0.25) is 0 Å². The Morgan fingerprint density at radius 3 is 2.15 bits per heavy atom. The average molecular weight is 310 g/mol. The topological polar surface area (TPSA) is 55.5 Å². The summed E-state index contributed by atoms with van der Waals surface area (Å²) in [6.45, 7) is 1.32. The Balaban J connectivity index is 0.00000361. The molecular weight excluding hydrogens is 288 g/mol. The first-order chi connectivity index (χ1) is 8.90. The van der Waals surface area contributed by atoms with Crippen LogP contribution in [0, 0.1) is 5.92 Å². The van der Waals surface area contributed by atoms with Crippen LogP contribution in [-0.2, 0) is 0 Å². The molecule has 0 saturated carbocycles. The third-order valence-electron chi connectivity index (χ3n) is 2.94. The first-order valence-electron chi connectivity index (χ1n) is 6.38. The number of nitrogens with two attached hydrogens (primary N) is 1. The zero-order valence-electron chi connectivity index (χ0n) is 11.6. The second kappa shape index (κ2) is 9.10. The molecule has 0 unspecified atom stereocenters. The van der Waals surface area contributed by atoms with Gasteiger partial charge in [-0.25, -0.2) is 0 Å². The summed E-state index contributed by atoms with van der Waals surface area (Å²) in [4.78, 5) is 0. The van der Waals surface area contributed by atoms with E-state index >= 15 is 0 Å². The molecule has 1 rings (SSSR count). The number of aliphatic hydroxyl groups is 1. The summed E-state index contributed by atoms with van der Waals surface area (Å²) in [5.41, 5.74) is 6.64. The molecule has 0 fully saturated rings. The molecule has 0 heterocycles. The quantitative estimate of drug-likeness (QED) is 0.810. The van der Waals surface area contributed by atoms with Crippen LogP contribution >= 0.6 is 12.4 Å². The van der Waals surface area contributed by atoms with Gasteiger partial charge in [-0.1, -0.05) is 26.0 Å². The predicted octanol–water partition coefficient (Wildman–Crippen LogP) is 3.51. The van der Waals surface area contributed by atoms with Crippen molar-refractivity contribution in [2.75, 3.05) is 0 Å². The lowest BCUT2D eigenvalue weighted by Crippen LogP contribution is -2.26. The highest BCUT2D eigenvalue weighted by Crippen LogP contribution is 2.22. The third kappa shape index (κ3) is 6.50. The van der Waals surface area contributed by atoms with Gasteiger partial charge in [0.25, 0.3) is 0 Å². The van der Waals surface area contributed by atoms with Crippen molar-refractivity contribution in [2.24, 2.45) is 11.7 Å². The minimum atomic E-state index is -2.84. The number of hydrogen-bond acceptors (Lipinski definition) is 3.